The van der Waals surface area contributed by atoms with E-state index in [-0.39, 0.29) is 5.91 Å². The van der Waals surface area contributed by atoms with Crippen molar-refractivity contribution in [1.82, 2.24) is 4.90 Å². The first-order valence-corrected chi connectivity index (χ1v) is 6.14. The second-order valence-corrected chi connectivity index (χ2v) is 4.24. The Bertz CT molecular complexity index is 488. The topological polar surface area (TPSA) is 55.6 Å². The second-order valence-electron chi connectivity index (χ2n) is 4.24. The van der Waals surface area contributed by atoms with Crippen LogP contribution in [0.15, 0.2) is 24.3 Å². The van der Waals surface area contributed by atoms with E-state index in [1.807, 2.05) is 24.3 Å². The van der Waals surface area contributed by atoms with Gasteiger partial charge in [-0.25, -0.2) is 0 Å². The lowest BCUT2D eigenvalue weighted by molar-refractivity contribution is -0.140. The van der Waals surface area contributed by atoms with Crippen LogP contribution in [0.25, 0.3) is 0 Å². The Labute approximate surface area is 114 Å². The maximum atomic E-state index is 11.9. The third-order valence-corrected chi connectivity index (χ3v) is 2.83. The van der Waals surface area contributed by atoms with Crippen molar-refractivity contribution in [2.45, 2.75) is 19.6 Å². The molecular weight excluding hydrogens is 240 g/mol. The van der Waals surface area contributed by atoms with Gasteiger partial charge in [-0.1, -0.05) is 30.0 Å². The van der Waals surface area contributed by atoms with Crippen molar-refractivity contribution in [2.75, 3.05) is 20.7 Å². The van der Waals surface area contributed by atoms with E-state index in [0.29, 0.717) is 13.1 Å². The van der Waals surface area contributed by atoms with Crippen LogP contribution in [-0.2, 0) is 16.1 Å². The number of hydrogen-bond donors (Lipinski definition) is 1. The van der Waals surface area contributed by atoms with Crippen LogP contribution in [-0.4, -0.2) is 37.6 Å². The molecule has 0 aliphatic rings. The molecule has 4 nitrogen and oxygen atoms in total. The molecule has 0 saturated heterocycles. The van der Waals surface area contributed by atoms with Gasteiger partial charge in [0.1, 0.15) is 6.10 Å². The zero-order valence-electron chi connectivity index (χ0n) is 11.6. The molecule has 0 bridgehead atoms. The predicted octanol–water partition coefficient (Wildman–Crippen LogP) is 0.990. The summed E-state index contributed by atoms with van der Waals surface area (Å²) in [5.74, 6) is 5.80. The monoisotopic (exact) mass is 260 g/mol. The van der Waals surface area contributed by atoms with Crippen LogP contribution in [0.4, 0.5) is 0 Å². The summed E-state index contributed by atoms with van der Waals surface area (Å²) in [5, 5.41) is 0. The SMILES string of the molecule is COC(C)C(=O)N(C)Cc1ccccc1C#CCN. The summed E-state index contributed by atoms with van der Waals surface area (Å²) in [4.78, 5) is 13.6. The number of carbonyl (C=O) groups excluding carboxylic acids is 1. The molecule has 1 atom stereocenters. The third kappa shape index (κ3) is 4.40. The van der Waals surface area contributed by atoms with Crippen LogP contribution in [0, 0.1) is 11.8 Å². The number of likely N-dealkylation sites (N-methyl/N-ethyl adjacent to an activating group) is 1. The standard InChI is InChI=1S/C15H20N2O2/c1-12(19-3)15(18)17(2)11-14-8-5-4-7-13(14)9-6-10-16/h4-5,7-8,12H,10-11,16H2,1-3H3. The zero-order valence-corrected chi connectivity index (χ0v) is 11.6. The van der Waals surface area contributed by atoms with Gasteiger partial charge < -0.3 is 15.4 Å². The van der Waals surface area contributed by atoms with E-state index in [4.69, 9.17) is 10.5 Å². The van der Waals surface area contributed by atoms with Crippen molar-refractivity contribution in [3.63, 3.8) is 0 Å². The van der Waals surface area contributed by atoms with E-state index in [9.17, 15) is 4.79 Å². The Morgan fingerprint density at radius 3 is 2.79 bits per heavy atom. The molecule has 0 heterocycles. The molecule has 0 fully saturated rings. The second kappa shape index (κ2) is 7.57. The van der Waals surface area contributed by atoms with E-state index in [1.165, 1.54) is 7.11 Å². The van der Waals surface area contributed by atoms with Crippen molar-refractivity contribution >= 4 is 5.91 Å². The van der Waals surface area contributed by atoms with Gasteiger partial charge in [0.15, 0.2) is 0 Å². The molecule has 1 rings (SSSR count). The molecule has 4 heteroatoms. The molecule has 0 aliphatic carbocycles. The number of amides is 1. The van der Waals surface area contributed by atoms with Crippen LogP contribution in [0.2, 0.25) is 0 Å². The van der Waals surface area contributed by atoms with Crippen LogP contribution < -0.4 is 5.73 Å². The largest absolute Gasteiger partial charge is 0.372 e. The lowest BCUT2D eigenvalue weighted by atomic mass is 10.1. The first-order valence-electron chi connectivity index (χ1n) is 6.14. The van der Waals surface area contributed by atoms with Gasteiger partial charge >= 0.3 is 0 Å². The zero-order chi connectivity index (χ0) is 14.3. The number of carbonyl (C=O) groups is 1. The number of hydrogen-bond acceptors (Lipinski definition) is 3. The molecule has 0 saturated carbocycles. The maximum Gasteiger partial charge on any atom is 0.251 e. The van der Waals surface area contributed by atoms with Crippen molar-refractivity contribution in [3.05, 3.63) is 35.4 Å². The van der Waals surface area contributed by atoms with Crippen molar-refractivity contribution in [3.8, 4) is 11.8 Å². The van der Waals surface area contributed by atoms with E-state index < -0.39 is 6.10 Å². The van der Waals surface area contributed by atoms with Crippen LogP contribution >= 0.6 is 0 Å². The molecule has 1 aromatic rings. The van der Waals surface area contributed by atoms with E-state index in [1.54, 1.807) is 18.9 Å². The number of rotatable bonds is 4. The maximum absolute atomic E-state index is 11.9. The van der Waals surface area contributed by atoms with Gasteiger partial charge in [-0.2, -0.15) is 0 Å². The highest BCUT2D eigenvalue weighted by Crippen LogP contribution is 2.11. The molecule has 19 heavy (non-hydrogen) atoms. The molecule has 2 N–H and O–H groups in total. The highest BCUT2D eigenvalue weighted by atomic mass is 16.5. The summed E-state index contributed by atoms with van der Waals surface area (Å²) >= 11 is 0. The predicted molar refractivity (Wildman–Crippen MR) is 75.3 cm³/mol. The average molecular weight is 260 g/mol. The van der Waals surface area contributed by atoms with Gasteiger partial charge in [0.25, 0.3) is 5.91 Å². The smallest absolute Gasteiger partial charge is 0.251 e. The number of nitrogens with zero attached hydrogens (tertiary/aromatic N) is 1. The van der Waals surface area contributed by atoms with E-state index in [2.05, 4.69) is 11.8 Å². The molecule has 1 amide bonds. The lowest BCUT2D eigenvalue weighted by Crippen LogP contribution is -2.35. The molecule has 0 radical (unpaired) electrons. The van der Waals surface area contributed by atoms with Crippen molar-refractivity contribution in [1.29, 1.82) is 0 Å². The van der Waals surface area contributed by atoms with Gasteiger partial charge in [0.05, 0.1) is 6.54 Å². The molecule has 1 unspecified atom stereocenters. The van der Waals surface area contributed by atoms with Gasteiger partial charge in [0, 0.05) is 26.3 Å². The van der Waals surface area contributed by atoms with Crippen LogP contribution in [0.3, 0.4) is 0 Å². The summed E-state index contributed by atoms with van der Waals surface area (Å²) in [6.07, 6.45) is -0.438. The van der Waals surface area contributed by atoms with Gasteiger partial charge in [-0.15, -0.1) is 0 Å². The summed E-state index contributed by atoms with van der Waals surface area (Å²) in [6, 6.07) is 7.74. The fraction of sp³-hybridized carbons (Fsp3) is 0.400. The number of nitrogens with two attached hydrogens (primary N) is 1. The summed E-state index contributed by atoms with van der Waals surface area (Å²) in [5.41, 5.74) is 7.28. The van der Waals surface area contributed by atoms with Gasteiger partial charge in [0.2, 0.25) is 0 Å². The molecule has 1 aromatic carbocycles. The molecule has 0 aliphatic heterocycles. The van der Waals surface area contributed by atoms with Crippen LogP contribution in [0.5, 0.6) is 0 Å². The Morgan fingerprint density at radius 2 is 2.16 bits per heavy atom. The Balaban J connectivity index is 2.84. The summed E-state index contributed by atoms with van der Waals surface area (Å²) in [7, 11) is 3.28. The highest BCUT2D eigenvalue weighted by Gasteiger charge is 2.17. The molecule has 102 valence electrons. The molecule has 0 spiro atoms. The van der Waals surface area contributed by atoms with Crippen molar-refractivity contribution < 1.29 is 9.53 Å². The normalized spacial score (nSPS) is 11.4. The number of methoxy groups -OCH3 is 1. The Kier molecular flexibility index (Phi) is 6.07. The quantitative estimate of drug-likeness (QED) is 0.821. The Hall–Kier alpha value is -1.83. The first kappa shape index (κ1) is 15.2. The van der Waals surface area contributed by atoms with Gasteiger partial charge in [-0.3, -0.25) is 4.79 Å². The minimum Gasteiger partial charge on any atom is -0.372 e. The Morgan fingerprint density at radius 1 is 1.47 bits per heavy atom. The minimum atomic E-state index is -0.438. The fourth-order valence-corrected chi connectivity index (χ4v) is 1.67. The van der Waals surface area contributed by atoms with Gasteiger partial charge in [-0.05, 0) is 18.6 Å². The minimum absolute atomic E-state index is 0.0518. The lowest BCUT2D eigenvalue weighted by Gasteiger charge is -2.21. The molecule has 0 aromatic heterocycles. The van der Waals surface area contributed by atoms with Crippen molar-refractivity contribution in [2.24, 2.45) is 5.73 Å². The molecular formula is C15H20N2O2. The first-order chi connectivity index (χ1) is 9.10. The van der Waals surface area contributed by atoms with E-state index >= 15 is 0 Å². The van der Waals surface area contributed by atoms with E-state index in [0.717, 1.165) is 11.1 Å². The van der Waals surface area contributed by atoms with Crippen LogP contribution in [0.1, 0.15) is 18.1 Å². The number of benzene rings is 1. The summed E-state index contributed by atoms with van der Waals surface area (Å²) in [6.45, 7) is 2.56. The fourth-order valence-electron chi connectivity index (χ4n) is 1.67. The highest BCUT2D eigenvalue weighted by molar-refractivity contribution is 5.80. The average Bonchev–Trinajstić information content (AvgIpc) is 2.44. The number of ether oxygens (including phenoxy) is 1. The third-order valence-electron chi connectivity index (χ3n) is 2.83. The summed E-state index contributed by atoms with van der Waals surface area (Å²) < 4.78 is 5.03.